The molecule has 0 aliphatic heterocycles. The number of nitrogens with two attached hydrogens (primary N) is 1. The quantitative estimate of drug-likeness (QED) is 0.502. The van der Waals surface area contributed by atoms with Gasteiger partial charge in [-0.1, -0.05) is 0 Å². The predicted molar refractivity (Wildman–Crippen MR) is 85.2 cm³/mol. The highest BCUT2D eigenvalue weighted by Crippen LogP contribution is 2.36. The van der Waals surface area contributed by atoms with Crippen molar-refractivity contribution in [1.82, 2.24) is 14.6 Å². The topological polar surface area (TPSA) is 100 Å². The van der Waals surface area contributed by atoms with Crippen LogP contribution in [-0.2, 0) is 10.0 Å². The normalized spacial score (nSPS) is 17.6. The van der Waals surface area contributed by atoms with Crippen LogP contribution in [0, 0.1) is 0 Å². The van der Waals surface area contributed by atoms with Gasteiger partial charge in [0.2, 0.25) is 10.0 Å². The van der Waals surface area contributed by atoms with Crippen molar-refractivity contribution in [1.29, 1.82) is 0 Å². The van der Waals surface area contributed by atoms with Crippen molar-refractivity contribution in [2.45, 2.75) is 29.7 Å². The minimum atomic E-state index is -3.68. The van der Waals surface area contributed by atoms with Crippen molar-refractivity contribution in [3.63, 3.8) is 0 Å². The van der Waals surface area contributed by atoms with Crippen LogP contribution in [0.25, 0.3) is 0 Å². The SMILES string of the molecule is CN(C)C1(CNS(=O)(=O)c2cc(Br)cnc2NN)CCC1. The number of anilines is 1. The Labute approximate surface area is 133 Å². The molecule has 21 heavy (non-hydrogen) atoms. The van der Waals surface area contributed by atoms with Crippen molar-refractivity contribution in [2.24, 2.45) is 5.84 Å². The highest BCUT2D eigenvalue weighted by molar-refractivity contribution is 9.10. The fraction of sp³-hybridized carbons (Fsp3) is 0.583. The Balaban J connectivity index is 2.21. The fourth-order valence-electron chi connectivity index (χ4n) is 2.41. The lowest BCUT2D eigenvalue weighted by atomic mass is 9.76. The number of hydrazine groups is 1. The highest BCUT2D eigenvalue weighted by Gasteiger charge is 2.40. The molecule has 0 unspecified atom stereocenters. The molecule has 1 heterocycles. The minimum absolute atomic E-state index is 0.0348. The van der Waals surface area contributed by atoms with Gasteiger partial charge < -0.3 is 10.3 Å². The van der Waals surface area contributed by atoms with E-state index in [9.17, 15) is 8.42 Å². The first-order valence-electron chi connectivity index (χ1n) is 6.60. The maximum Gasteiger partial charge on any atom is 0.244 e. The van der Waals surface area contributed by atoms with Gasteiger partial charge in [-0.3, -0.25) is 0 Å². The number of pyridine rings is 1. The molecule has 0 bridgehead atoms. The van der Waals surface area contributed by atoms with E-state index in [1.54, 1.807) is 0 Å². The number of hydrogen-bond acceptors (Lipinski definition) is 6. The number of likely N-dealkylation sites (N-methyl/N-ethyl adjacent to an activating group) is 1. The van der Waals surface area contributed by atoms with E-state index in [2.05, 4.69) is 36.0 Å². The van der Waals surface area contributed by atoms with Crippen molar-refractivity contribution in [3.05, 3.63) is 16.7 Å². The van der Waals surface area contributed by atoms with Crippen LogP contribution in [0.1, 0.15) is 19.3 Å². The van der Waals surface area contributed by atoms with Crippen LogP contribution < -0.4 is 16.0 Å². The number of nitrogen functional groups attached to an aromatic ring is 1. The maximum absolute atomic E-state index is 12.5. The van der Waals surface area contributed by atoms with Crippen LogP contribution in [0.4, 0.5) is 5.82 Å². The van der Waals surface area contributed by atoms with Crippen LogP contribution in [0.15, 0.2) is 21.6 Å². The number of aromatic nitrogens is 1. The second kappa shape index (κ2) is 6.17. The Morgan fingerprint density at radius 1 is 1.48 bits per heavy atom. The average molecular weight is 378 g/mol. The van der Waals surface area contributed by atoms with Gasteiger partial charge in [0.25, 0.3) is 0 Å². The number of hydrogen-bond donors (Lipinski definition) is 3. The number of nitrogens with one attached hydrogen (secondary N) is 2. The second-order valence-electron chi connectivity index (χ2n) is 5.44. The van der Waals surface area contributed by atoms with Crippen molar-refractivity contribution >= 4 is 31.8 Å². The van der Waals surface area contributed by atoms with Crippen LogP contribution in [0.3, 0.4) is 0 Å². The molecule has 2 rings (SSSR count). The summed E-state index contributed by atoms with van der Waals surface area (Å²) in [4.78, 5) is 6.08. The van der Waals surface area contributed by atoms with Gasteiger partial charge in [-0.25, -0.2) is 24.0 Å². The molecule has 0 aromatic carbocycles. The number of sulfonamides is 1. The predicted octanol–water partition coefficient (Wildman–Crippen LogP) is 0.892. The summed E-state index contributed by atoms with van der Waals surface area (Å²) < 4.78 is 28.2. The molecule has 9 heteroatoms. The lowest BCUT2D eigenvalue weighted by Crippen LogP contribution is -2.57. The van der Waals surface area contributed by atoms with Crippen LogP contribution in [-0.4, -0.2) is 44.5 Å². The molecule has 1 fully saturated rings. The van der Waals surface area contributed by atoms with Crippen LogP contribution in [0.5, 0.6) is 0 Å². The van der Waals surface area contributed by atoms with Gasteiger partial charge in [0.15, 0.2) is 5.82 Å². The van der Waals surface area contributed by atoms with E-state index in [1.807, 2.05) is 14.1 Å². The molecule has 0 spiro atoms. The third-order valence-corrected chi connectivity index (χ3v) is 5.92. The Hall–Kier alpha value is -0.740. The molecule has 1 aromatic rings. The number of halogens is 1. The van der Waals surface area contributed by atoms with E-state index < -0.39 is 10.0 Å². The molecule has 1 aliphatic rings. The first kappa shape index (κ1) is 16.6. The molecule has 0 amide bonds. The maximum atomic E-state index is 12.5. The second-order valence-corrected chi connectivity index (χ2v) is 8.09. The zero-order valence-electron chi connectivity index (χ0n) is 12.1. The van der Waals surface area contributed by atoms with E-state index in [1.165, 1.54) is 12.3 Å². The van der Waals surface area contributed by atoms with E-state index in [-0.39, 0.29) is 16.3 Å². The summed E-state index contributed by atoms with van der Waals surface area (Å²) in [5, 5.41) is 0. The first-order chi connectivity index (χ1) is 9.81. The van der Waals surface area contributed by atoms with E-state index in [4.69, 9.17) is 5.84 Å². The summed E-state index contributed by atoms with van der Waals surface area (Å²) >= 11 is 3.23. The van der Waals surface area contributed by atoms with Gasteiger partial charge in [0.1, 0.15) is 4.90 Å². The monoisotopic (exact) mass is 377 g/mol. The smallest absolute Gasteiger partial charge is 0.244 e. The lowest BCUT2D eigenvalue weighted by molar-refractivity contribution is 0.0657. The van der Waals surface area contributed by atoms with Gasteiger partial charge in [0, 0.05) is 22.8 Å². The Morgan fingerprint density at radius 3 is 2.62 bits per heavy atom. The van der Waals surface area contributed by atoms with Gasteiger partial charge in [-0.2, -0.15) is 0 Å². The van der Waals surface area contributed by atoms with Crippen molar-refractivity contribution < 1.29 is 8.42 Å². The summed E-state index contributed by atoms with van der Waals surface area (Å²) in [6.07, 6.45) is 4.58. The molecule has 1 aliphatic carbocycles. The Kier molecular flexibility index (Phi) is 4.89. The summed E-state index contributed by atoms with van der Waals surface area (Å²) in [6, 6.07) is 1.48. The van der Waals surface area contributed by atoms with Crippen LogP contribution >= 0.6 is 15.9 Å². The first-order valence-corrected chi connectivity index (χ1v) is 8.88. The van der Waals surface area contributed by atoms with E-state index in [0.717, 1.165) is 19.3 Å². The standard InChI is InChI=1S/C12H20BrN5O2S/c1-18(2)12(4-3-5-12)8-16-21(19,20)10-6-9(13)7-15-11(10)17-14/h6-7,16H,3-5,8,14H2,1-2H3,(H,15,17). The Bertz CT molecular complexity index is 616. The molecular weight excluding hydrogens is 358 g/mol. The highest BCUT2D eigenvalue weighted by atomic mass is 79.9. The Morgan fingerprint density at radius 2 is 2.14 bits per heavy atom. The summed E-state index contributed by atoms with van der Waals surface area (Å²) in [5.41, 5.74) is 2.22. The fourth-order valence-corrected chi connectivity index (χ4v) is 4.15. The van der Waals surface area contributed by atoms with Gasteiger partial charge >= 0.3 is 0 Å². The third kappa shape index (κ3) is 3.37. The molecule has 7 nitrogen and oxygen atoms in total. The third-order valence-electron chi connectivity index (χ3n) is 4.07. The lowest BCUT2D eigenvalue weighted by Gasteiger charge is -2.47. The van der Waals surface area contributed by atoms with Gasteiger partial charge in [-0.05, 0) is 55.4 Å². The van der Waals surface area contributed by atoms with E-state index >= 15 is 0 Å². The molecule has 1 aromatic heterocycles. The largest absolute Gasteiger partial charge is 0.307 e. The molecule has 0 radical (unpaired) electrons. The molecule has 1 saturated carbocycles. The van der Waals surface area contributed by atoms with E-state index in [0.29, 0.717) is 11.0 Å². The van der Waals surface area contributed by atoms with Crippen molar-refractivity contribution in [2.75, 3.05) is 26.1 Å². The van der Waals surface area contributed by atoms with Gasteiger partial charge in [0.05, 0.1) is 0 Å². The van der Waals surface area contributed by atoms with Crippen LogP contribution in [0.2, 0.25) is 0 Å². The molecule has 4 N–H and O–H groups in total. The molecular formula is C12H20BrN5O2S. The van der Waals surface area contributed by atoms with Gasteiger partial charge in [-0.15, -0.1) is 0 Å². The molecule has 0 atom stereocenters. The summed E-state index contributed by atoms with van der Waals surface area (Å²) in [7, 11) is 0.266. The molecule has 118 valence electrons. The van der Waals surface area contributed by atoms with Crippen molar-refractivity contribution in [3.8, 4) is 0 Å². The summed E-state index contributed by atoms with van der Waals surface area (Å²) in [5.74, 6) is 5.46. The zero-order valence-corrected chi connectivity index (χ0v) is 14.5. The number of nitrogens with zero attached hydrogens (tertiary/aromatic N) is 2. The minimum Gasteiger partial charge on any atom is -0.307 e. The molecule has 0 saturated heterocycles. The number of rotatable bonds is 6. The average Bonchev–Trinajstić information content (AvgIpc) is 2.36. The zero-order chi connectivity index (χ0) is 15.7. The summed E-state index contributed by atoms with van der Waals surface area (Å²) in [6.45, 7) is 0.374.